The fraction of sp³-hybridized carbons (Fsp3) is 0.348. The van der Waals surface area contributed by atoms with Gasteiger partial charge < -0.3 is 10.0 Å². The Morgan fingerprint density at radius 3 is 2.89 bits per heavy atom. The zero-order valence-electron chi connectivity index (χ0n) is 15.5. The predicted octanol–water partition coefficient (Wildman–Crippen LogP) is 4.07. The highest BCUT2D eigenvalue weighted by Crippen LogP contribution is 2.48. The fourth-order valence-electron chi connectivity index (χ4n) is 5.17. The van der Waals surface area contributed by atoms with Crippen molar-refractivity contribution in [3.63, 3.8) is 0 Å². The number of para-hydroxylation sites is 1. The minimum Gasteiger partial charge on any atom is -0.508 e. The Balaban J connectivity index is 1.68. The molecule has 1 fully saturated rings. The van der Waals surface area contributed by atoms with Gasteiger partial charge in [-0.1, -0.05) is 24.3 Å². The highest BCUT2D eigenvalue weighted by molar-refractivity contribution is 5.80. The summed E-state index contributed by atoms with van der Waals surface area (Å²) in [6.07, 6.45) is 2.76. The first kappa shape index (κ1) is 16.7. The highest BCUT2D eigenvalue weighted by atomic mass is 19.1. The first-order valence-electron chi connectivity index (χ1n) is 9.60. The summed E-state index contributed by atoms with van der Waals surface area (Å²) in [6, 6.07) is 15.0. The molecule has 2 atom stereocenters. The molecule has 1 aromatic heterocycles. The van der Waals surface area contributed by atoms with E-state index in [2.05, 4.69) is 24.1 Å². The molecule has 0 saturated carbocycles. The zero-order valence-corrected chi connectivity index (χ0v) is 15.5. The second-order valence-electron chi connectivity index (χ2n) is 8.20. The number of likely N-dealkylation sites (tertiary alicyclic amines) is 1. The fourth-order valence-corrected chi connectivity index (χ4v) is 5.17. The lowest BCUT2D eigenvalue weighted by atomic mass is 9.58. The summed E-state index contributed by atoms with van der Waals surface area (Å²) < 4.78 is 14.3. The summed E-state index contributed by atoms with van der Waals surface area (Å²) in [6.45, 7) is 2.04. The molecule has 1 aliphatic heterocycles. The molecule has 0 spiro atoms. The van der Waals surface area contributed by atoms with Crippen molar-refractivity contribution in [2.75, 3.05) is 20.1 Å². The number of hydrogen-bond acceptors (Lipinski definition) is 3. The maximum atomic E-state index is 14.3. The topological polar surface area (TPSA) is 36.4 Å². The first-order chi connectivity index (χ1) is 13.0. The number of phenols is 1. The van der Waals surface area contributed by atoms with Gasteiger partial charge in [0, 0.05) is 29.5 Å². The average molecular weight is 362 g/mol. The van der Waals surface area contributed by atoms with Gasteiger partial charge in [-0.25, -0.2) is 9.37 Å². The minimum atomic E-state index is -0.257. The maximum Gasteiger partial charge on any atom is 0.149 e. The molecule has 0 bridgehead atoms. The van der Waals surface area contributed by atoms with Crippen LogP contribution in [0.2, 0.25) is 0 Å². The predicted molar refractivity (Wildman–Crippen MR) is 104 cm³/mol. The van der Waals surface area contributed by atoms with Crippen molar-refractivity contribution in [1.82, 2.24) is 9.88 Å². The van der Waals surface area contributed by atoms with E-state index in [1.54, 1.807) is 12.1 Å². The molecule has 3 nitrogen and oxygen atoms in total. The highest BCUT2D eigenvalue weighted by Gasteiger charge is 2.47. The van der Waals surface area contributed by atoms with E-state index in [1.807, 2.05) is 18.2 Å². The molecule has 0 unspecified atom stereocenters. The van der Waals surface area contributed by atoms with E-state index >= 15 is 0 Å². The van der Waals surface area contributed by atoms with Crippen LogP contribution in [0.4, 0.5) is 4.39 Å². The van der Waals surface area contributed by atoms with E-state index in [0.29, 0.717) is 17.2 Å². The van der Waals surface area contributed by atoms with Gasteiger partial charge in [0.15, 0.2) is 0 Å². The molecule has 2 aliphatic rings. The van der Waals surface area contributed by atoms with Crippen molar-refractivity contribution < 1.29 is 9.50 Å². The van der Waals surface area contributed by atoms with Crippen molar-refractivity contribution in [3.8, 4) is 5.75 Å². The SMILES string of the molecule is CN1CC[C@@]2(c3cccc(O)c3)Cc3nc4c(F)cccc4cc3C[C@H]2C1. The van der Waals surface area contributed by atoms with E-state index in [0.717, 1.165) is 43.4 Å². The van der Waals surface area contributed by atoms with E-state index in [-0.39, 0.29) is 11.2 Å². The summed E-state index contributed by atoms with van der Waals surface area (Å²) in [4.78, 5) is 7.16. The standard InChI is InChI=1S/C23H23FN2O/c1-26-9-8-23(17-5-3-6-19(27)12-17)13-21-16(11-18(23)14-26)10-15-4-2-7-20(24)22(15)25-21/h2-7,10,12,18,27H,8-9,11,13-14H2,1H3/t18-,23-/m0/s1. The summed E-state index contributed by atoms with van der Waals surface area (Å²) in [5.74, 6) is 0.508. The number of rotatable bonds is 1. The minimum absolute atomic E-state index is 0.0514. The van der Waals surface area contributed by atoms with Gasteiger partial charge >= 0.3 is 0 Å². The number of phenolic OH excluding ortho intramolecular Hbond substituents is 1. The third-order valence-corrected chi connectivity index (χ3v) is 6.59. The van der Waals surface area contributed by atoms with Gasteiger partial charge in [0.25, 0.3) is 0 Å². The molecular weight excluding hydrogens is 339 g/mol. The Bertz CT molecular complexity index is 1030. The summed E-state index contributed by atoms with van der Waals surface area (Å²) in [7, 11) is 2.18. The van der Waals surface area contributed by atoms with E-state index in [9.17, 15) is 9.50 Å². The normalized spacial score (nSPS) is 25.2. The third kappa shape index (κ3) is 2.62. The van der Waals surface area contributed by atoms with Crippen molar-refractivity contribution in [2.24, 2.45) is 5.92 Å². The number of piperidine rings is 1. The van der Waals surface area contributed by atoms with Crippen molar-refractivity contribution in [2.45, 2.75) is 24.7 Å². The van der Waals surface area contributed by atoms with Crippen LogP contribution in [-0.4, -0.2) is 35.1 Å². The third-order valence-electron chi connectivity index (χ3n) is 6.59. The molecule has 5 rings (SSSR count). The van der Waals surface area contributed by atoms with Crippen LogP contribution in [-0.2, 0) is 18.3 Å². The Hall–Kier alpha value is -2.46. The second-order valence-corrected chi connectivity index (χ2v) is 8.20. The van der Waals surface area contributed by atoms with Crippen LogP contribution in [0.15, 0.2) is 48.5 Å². The Morgan fingerprint density at radius 2 is 2.04 bits per heavy atom. The number of nitrogens with zero attached hydrogens (tertiary/aromatic N) is 2. The van der Waals surface area contributed by atoms with Gasteiger partial charge in [-0.2, -0.15) is 0 Å². The molecule has 138 valence electrons. The number of aromatic nitrogens is 1. The first-order valence-corrected chi connectivity index (χ1v) is 9.60. The lowest BCUT2D eigenvalue weighted by Crippen LogP contribution is -2.53. The van der Waals surface area contributed by atoms with Crippen LogP contribution in [0, 0.1) is 11.7 Å². The number of hydrogen-bond donors (Lipinski definition) is 1. The van der Waals surface area contributed by atoms with Crippen LogP contribution in [0.1, 0.15) is 23.2 Å². The Kier molecular flexibility index (Phi) is 3.73. The van der Waals surface area contributed by atoms with Gasteiger partial charge in [-0.15, -0.1) is 0 Å². The molecule has 2 aromatic carbocycles. The molecule has 4 heteroatoms. The number of halogens is 1. The molecule has 1 saturated heterocycles. The number of pyridine rings is 1. The van der Waals surface area contributed by atoms with Crippen LogP contribution in [0.25, 0.3) is 10.9 Å². The molecule has 27 heavy (non-hydrogen) atoms. The monoisotopic (exact) mass is 362 g/mol. The van der Waals surface area contributed by atoms with Crippen molar-refractivity contribution in [3.05, 3.63) is 71.2 Å². The Labute approximate surface area is 158 Å². The summed E-state index contributed by atoms with van der Waals surface area (Å²) in [5, 5.41) is 11.0. The zero-order chi connectivity index (χ0) is 18.6. The maximum absolute atomic E-state index is 14.3. The van der Waals surface area contributed by atoms with Crippen LogP contribution >= 0.6 is 0 Å². The van der Waals surface area contributed by atoms with Gasteiger partial charge in [-0.3, -0.25) is 0 Å². The van der Waals surface area contributed by atoms with E-state index in [1.165, 1.54) is 17.2 Å². The van der Waals surface area contributed by atoms with Crippen LogP contribution in [0.3, 0.4) is 0 Å². The van der Waals surface area contributed by atoms with Crippen LogP contribution < -0.4 is 0 Å². The smallest absolute Gasteiger partial charge is 0.149 e. The number of benzene rings is 2. The molecule has 1 aliphatic carbocycles. The number of aromatic hydroxyl groups is 1. The largest absolute Gasteiger partial charge is 0.508 e. The lowest BCUT2D eigenvalue weighted by molar-refractivity contribution is 0.0987. The molecule has 0 amide bonds. The summed E-state index contributed by atoms with van der Waals surface area (Å²) >= 11 is 0. The summed E-state index contributed by atoms with van der Waals surface area (Å²) in [5.41, 5.74) is 3.85. The van der Waals surface area contributed by atoms with Gasteiger partial charge in [0.05, 0.1) is 0 Å². The van der Waals surface area contributed by atoms with Gasteiger partial charge in [-0.05, 0) is 67.7 Å². The quantitative estimate of drug-likeness (QED) is 0.709. The molecule has 0 radical (unpaired) electrons. The van der Waals surface area contributed by atoms with Crippen molar-refractivity contribution >= 4 is 10.9 Å². The van der Waals surface area contributed by atoms with Crippen molar-refractivity contribution in [1.29, 1.82) is 0 Å². The second kappa shape index (κ2) is 6.03. The van der Waals surface area contributed by atoms with E-state index in [4.69, 9.17) is 4.98 Å². The molecule has 2 heterocycles. The molecular formula is C23H23FN2O. The van der Waals surface area contributed by atoms with Gasteiger partial charge in [0.2, 0.25) is 0 Å². The molecule has 1 N–H and O–H groups in total. The Morgan fingerprint density at radius 1 is 1.19 bits per heavy atom. The lowest BCUT2D eigenvalue weighted by Gasteiger charge is -2.50. The van der Waals surface area contributed by atoms with Gasteiger partial charge in [0.1, 0.15) is 17.1 Å². The average Bonchev–Trinajstić information content (AvgIpc) is 2.65. The number of fused-ring (bicyclic) bond motifs is 3. The van der Waals surface area contributed by atoms with Crippen LogP contribution in [0.5, 0.6) is 5.75 Å². The molecule has 3 aromatic rings. The van der Waals surface area contributed by atoms with E-state index < -0.39 is 0 Å².